The van der Waals surface area contributed by atoms with E-state index in [0.717, 1.165) is 0 Å². The lowest BCUT2D eigenvalue weighted by Crippen LogP contribution is -2.34. The van der Waals surface area contributed by atoms with Crippen molar-refractivity contribution < 1.29 is 23.8 Å². The molecule has 8 nitrogen and oxygen atoms in total. The summed E-state index contributed by atoms with van der Waals surface area (Å²) in [6.45, 7) is 0.896. The van der Waals surface area contributed by atoms with Crippen LogP contribution in [0.2, 0.25) is 5.02 Å². The van der Waals surface area contributed by atoms with Crippen molar-refractivity contribution in [3.05, 3.63) is 65.2 Å². The van der Waals surface area contributed by atoms with Gasteiger partial charge in [0.1, 0.15) is 24.5 Å². The van der Waals surface area contributed by atoms with Gasteiger partial charge in [0.2, 0.25) is 5.89 Å². The molecule has 0 fully saturated rings. The molecule has 0 unspecified atom stereocenters. The van der Waals surface area contributed by atoms with E-state index in [4.69, 9.17) is 37.7 Å². The summed E-state index contributed by atoms with van der Waals surface area (Å²) in [7, 11) is 0. The molecule has 33 heavy (non-hydrogen) atoms. The average molecular weight is 482 g/mol. The lowest BCUT2D eigenvalue weighted by Gasteiger charge is -2.18. The molecular weight excluding hydrogens is 466 g/mol. The number of nitrogens with one attached hydrogen (secondary N) is 2. The Balaban J connectivity index is 1.32. The zero-order valence-electron chi connectivity index (χ0n) is 16.9. The highest BCUT2D eigenvalue weighted by atomic mass is 35.5. The summed E-state index contributed by atoms with van der Waals surface area (Å²) in [6.07, 6.45) is 0. The van der Waals surface area contributed by atoms with Crippen LogP contribution in [0.3, 0.4) is 0 Å². The molecule has 5 rings (SSSR count). The second-order valence-electron chi connectivity index (χ2n) is 7.13. The van der Waals surface area contributed by atoms with Gasteiger partial charge in [-0.05, 0) is 66.8 Å². The number of aromatic hydroxyl groups is 1. The van der Waals surface area contributed by atoms with Crippen molar-refractivity contribution in [3.63, 3.8) is 0 Å². The molecule has 1 aliphatic rings. The quantitative estimate of drug-likeness (QED) is 0.284. The maximum Gasteiger partial charge on any atom is 0.257 e. The predicted octanol–water partition coefficient (Wildman–Crippen LogP) is 4.75. The van der Waals surface area contributed by atoms with E-state index in [9.17, 15) is 9.90 Å². The van der Waals surface area contributed by atoms with Gasteiger partial charge < -0.3 is 24.3 Å². The van der Waals surface area contributed by atoms with Crippen LogP contribution in [-0.2, 0) is 0 Å². The number of fused-ring (bicyclic) bond motifs is 2. The van der Waals surface area contributed by atoms with Crippen molar-refractivity contribution in [3.8, 4) is 28.7 Å². The van der Waals surface area contributed by atoms with Gasteiger partial charge >= 0.3 is 0 Å². The molecular formula is C23H16ClN3O5S. The number of oxazole rings is 1. The number of phenolic OH excluding ortho intramolecular Hbond substituents is 1. The number of benzene rings is 3. The van der Waals surface area contributed by atoms with Crippen molar-refractivity contribution in [1.29, 1.82) is 0 Å². The van der Waals surface area contributed by atoms with Crippen molar-refractivity contribution >= 4 is 51.6 Å². The standard InChI is InChI=1S/C23H16ClN3O5S/c24-13-2-6-18-16(10-13)26-22(32-18)15-11-14(3-4-17(15)28)25-23(33)27-21(29)12-1-5-19-20(9-12)31-8-7-30-19/h1-6,9-11,28H,7-8H2,(H2,25,27,29,33). The number of carbonyl (C=O) groups excluding carboxylic acids is 1. The van der Waals surface area contributed by atoms with Crippen LogP contribution in [0.15, 0.2) is 59.0 Å². The van der Waals surface area contributed by atoms with E-state index in [1.807, 2.05) is 0 Å². The first-order chi connectivity index (χ1) is 16.0. The molecule has 0 aliphatic carbocycles. The minimum Gasteiger partial charge on any atom is -0.507 e. The Morgan fingerprint density at radius 1 is 1.03 bits per heavy atom. The summed E-state index contributed by atoms with van der Waals surface area (Å²) in [6, 6.07) is 14.7. The first-order valence-electron chi connectivity index (χ1n) is 9.88. The van der Waals surface area contributed by atoms with Crippen molar-refractivity contribution in [2.75, 3.05) is 18.5 Å². The molecule has 3 aromatic carbocycles. The maximum atomic E-state index is 12.6. The van der Waals surface area contributed by atoms with Crippen LogP contribution in [0.25, 0.3) is 22.6 Å². The van der Waals surface area contributed by atoms with E-state index < -0.39 is 5.91 Å². The number of phenols is 1. The SMILES string of the molecule is O=C(NC(=S)Nc1ccc(O)c(-c2nc3cc(Cl)ccc3o2)c1)c1ccc2c(c1)OCCO2. The highest BCUT2D eigenvalue weighted by molar-refractivity contribution is 7.80. The Bertz CT molecular complexity index is 1400. The average Bonchev–Trinajstić information content (AvgIpc) is 3.22. The Morgan fingerprint density at radius 2 is 1.85 bits per heavy atom. The number of aromatic nitrogens is 1. The van der Waals surface area contributed by atoms with Crippen LogP contribution in [0.5, 0.6) is 17.2 Å². The van der Waals surface area contributed by atoms with Crippen LogP contribution in [0.4, 0.5) is 5.69 Å². The largest absolute Gasteiger partial charge is 0.507 e. The Morgan fingerprint density at radius 3 is 2.70 bits per heavy atom. The molecule has 4 aromatic rings. The fourth-order valence-corrected chi connectivity index (χ4v) is 3.70. The highest BCUT2D eigenvalue weighted by Gasteiger charge is 2.17. The summed E-state index contributed by atoms with van der Waals surface area (Å²) >= 11 is 11.3. The topological polar surface area (TPSA) is 106 Å². The Kier molecular flexibility index (Phi) is 5.49. The van der Waals surface area contributed by atoms with Gasteiger partial charge in [0.05, 0.1) is 5.56 Å². The molecule has 0 atom stereocenters. The van der Waals surface area contributed by atoms with Crippen LogP contribution in [0, 0.1) is 0 Å². The smallest absolute Gasteiger partial charge is 0.257 e. The van der Waals surface area contributed by atoms with Gasteiger partial charge in [-0.15, -0.1) is 0 Å². The summed E-state index contributed by atoms with van der Waals surface area (Å²) in [5.74, 6) is 0.899. The molecule has 10 heteroatoms. The van der Waals surface area contributed by atoms with Crippen molar-refractivity contribution in [1.82, 2.24) is 10.3 Å². The zero-order valence-corrected chi connectivity index (χ0v) is 18.5. The number of rotatable bonds is 3. The molecule has 0 radical (unpaired) electrons. The van der Waals surface area contributed by atoms with Gasteiger partial charge in [-0.1, -0.05) is 11.6 Å². The molecule has 1 aromatic heterocycles. The summed E-state index contributed by atoms with van der Waals surface area (Å²) < 4.78 is 16.7. The first-order valence-corrected chi connectivity index (χ1v) is 10.7. The highest BCUT2D eigenvalue weighted by Crippen LogP contribution is 2.34. The molecule has 2 heterocycles. The van der Waals surface area contributed by atoms with E-state index in [0.29, 0.717) is 57.6 Å². The zero-order chi connectivity index (χ0) is 22.9. The van der Waals surface area contributed by atoms with Crippen molar-refractivity contribution in [2.24, 2.45) is 0 Å². The number of halogens is 1. The summed E-state index contributed by atoms with van der Waals surface area (Å²) in [4.78, 5) is 17.0. The van der Waals surface area contributed by atoms with Crippen LogP contribution in [-0.4, -0.2) is 34.3 Å². The van der Waals surface area contributed by atoms with E-state index in [1.54, 1.807) is 48.5 Å². The predicted molar refractivity (Wildman–Crippen MR) is 127 cm³/mol. The lowest BCUT2D eigenvalue weighted by atomic mass is 10.1. The Hall–Kier alpha value is -3.82. The fourth-order valence-electron chi connectivity index (χ4n) is 3.32. The second kappa shape index (κ2) is 8.61. The Labute approximate surface area is 198 Å². The van der Waals surface area contributed by atoms with Crippen molar-refractivity contribution in [2.45, 2.75) is 0 Å². The van der Waals surface area contributed by atoms with Gasteiger partial charge in [-0.3, -0.25) is 10.1 Å². The monoisotopic (exact) mass is 481 g/mol. The summed E-state index contributed by atoms with van der Waals surface area (Å²) in [5, 5.41) is 16.5. The summed E-state index contributed by atoms with van der Waals surface area (Å²) in [5.41, 5.74) is 2.36. The van der Waals surface area contributed by atoms with Gasteiger partial charge in [0.25, 0.3) is 5.91 Å². The second-order valence-corrected chi connectivity index (χ2v) is 7.97. The number of ether oxygens (including phenoxy) is 2. The number of nitrogens with zero attached hydrogens (tertiary/aromatic N) is 1. The molecule has 0 bridgehead atoms. The molecule has 0 spiro atoms. The number of anilines is 1. The molecule has 0 saturated carbocycles. The van der Waals surface area contributed by atoms with E-state index in [1.165, 1.54) is 6.07 Å². The van der Waals surface area contributed by atoms with E-state index in [2.05, 4.69) is 15.6 Å². The number of amides is 1. The van der Waals surface area contributed by atoms with Gasteiger partial charge in [-0.25, -0.2) is 4.98 Å². The minimum atomic E-state index is -0.403. The van der Waals surface area contributed by atoms with E-state index >= 15 is 0 Å². The van der Waals surface area contributed by atoms with E-state index in [-0.39, 0.29) is 16.8 Å². The molecule has 166 valence electrons. The molecule has 0 saturated heterocycles. The number of hydrogen-bond acceptors (Lipinski definition) is 7. The minimum absolute atomic E-state index is 0.0237. The number of hydrogen-bond donors (Lipinski definition) is 3. The third kappa shape index (κ3) is 4.41. The number of carbonyl (C=O) groups is 1. The maximum absolute atomic E-state index is 12.6. The lowest BCUT2D eigenvalue weighted by molar-refractivity contribution is 0.0976. The first kappa shape index (κ1) is 21.0. The van der Waals surface area contributed by atoms with Crippen LogP contribution in [0.1, 0.15) is 10.4 Å². The normalized spacial score (nSPS) is 12.4. The third-order valence-corrected chi connectivity index (χ3v) is 5.31. The molecule has 1 amide bonds. The molecule has 1 aliphatic heterocycles. The van der Waals surface area contributed by atoms with Gasteiger partial charge in [-0.2, -0.15) is 0 Å². The number of thiocarbonyl (C=S) groups is 1. The van der Waals surface area contributed by atoms with Gasteiger partial charge in [0.15, 0.2) is 22.2 Å². The van der Waals surface area contributed by atoms with Crippen LogP contribution < -0.4 is 20.1 Å². The molecule has 3 N–H and O–H groups in total. The van der Waals surface area contributed by atoms with Crippen LogP contribution >= 0.6 is 23.8 Å². The third-order valence-electron chi connectivity index (χ3n) is 4.87. The fraction of sp³-hybridized carbons (Fsp3) is 0.0870. The van der Waals surface area contributed by atoms with Gasteiger partial charge in [0, 0.05) is 16.3 Å².